The Morgan fingerprint density at radius 1 is 1.06 bits per heavy atom. The summed E-state index contributed by atoms with van der Waals surface area (Å²) >= 11 is 0. The van der Waals surface area contributed by atoms with Crippen LogP contribution in [0.25, 0.3) is 16.8 Å². The van der Waals surface area contributed by atoms with E-state index in [2.05, 4.69) is 78.0 Å². The van der Waals surface area contributed by atoms with Crippen LogP contribution in [0, 0.1) is 18.3 Å². The first-order valence-electron chi connectivity index (χ1n) is 12.6. The molecule has 0 unspecified atom stereocenters. The molecule has 3 atom stereocenters. The van der Waals surface area contributed by atoms with E-state index in [9.17, 15) is 5.26 Å². The number of nitriles is 1. The molecule has 5 rings (SSSR count). The Kier molecular flexibility index (Phi) is 6.35. The lowest BCUT2D eigenvalue weighted by molar-refractivity contribution is 0.0896. The summed E-state index contributed by atoms with van der Waals surface area (Å²) in [4.78, 5) is 14.7. The molecule has 0 N–H and O–H groups in total. The summed E-state index contributed by atoms with van der Waals surface area (Å²) < 4.78 is 1.84. The van der Waals surface area contributed by atoms with Crippen LogP contribution in [0.2, 0.25) is 0 Å². The zero-order chi connectivity index (χ0) is 24.5. The molecule has 0 saturated carbocycles. The van der Waals surface area contributed by atoms with E-state index in [0.717, 1.165) is 49.2 Å². The van der Waals surface area contributed by atoms with Gasteiger partial charge in [-0.15, -0.1) is 10.2 Å². The molecule has 3 aromatic heterocycles. The molecule has 1 aromatic carbocycles. The van der Waals surface area contributed by atoms with Gasteiger partial charge in [-0.05, 0) is 43.9 Å². The highest BCUT2D eigenvalue weighted by Crippen LogP contribution is 2.35. The molecule has 35 heavy (non-hydrogen) atoms. The molecular weight excluding hydrogens is 436 g/mol. The Morgan fingerprint density at radius 2 is 1.89 bits per heavy atom. The van der Waals surface area contributed by atoms with Crippen LogP contribution in [0.3, 0.4) is 0 Å². The second kappa shape index (κ2) is 9.59. The molecule has 0 spiro atoms. The highest BCUT2D eigenvalue weighted by Gasteiger charge is 2.37. The maximum atomic E-state index is 9.52. The van der Waals surface area contributed by atoms with Crippen LogP contribution in [-0.2, 0) is 0 Å². The van der Waals surface area contributed by atoms with Crippen molar-refractivity contribution in [1.29, 1.82) is 5.26 Å². The van der Waals surface area contributed by atoms with E-state index >= 15 is 0 Å². The summed E-state index contributed by atoms with van der Waals surface area (Å²) in [6.07, 6.45) is 4.74. The van der Waals surface area contributed by atoms with E-state index in [1.807, 2.05) is 10.5 Å². The maximum absolute atomic E-state index is 9.52. The van der Waals surface area contributed by atoms with Crippen molar-refractivity contribution in [3.63, 3.8) is 0 Å². The van der Waals surface area contributed by atoms with Crippen molar-refractivity contribution in [2.75, 3.05) is 18.0 Å². The first kappa shape index (κ1) is 23.2. The molecule has 0 bridgehead atoms. The first-order chi connectivity index (χ1) is 17.1. The first-order valence-corrected chi connectivity index (χ1v) is 12.6. The third-order valence-electron chi connectivity index (χ3n) is 7.36. The predicted molar refractivity (Wildman–Crippen MR) is 137 cm³/mol. The fraction of sp³-hybridized carbons (Fsp3) is 0.444. The zero-order valence-electron chi connectivity index (χ0n) is 20.9. The molecule has 1 saturated heterocycles. The highest BCUT2D eigenvalue weighted by atomic mass is 15.4. The minimum Gasteiger partial charge on any atom is -0.349 e. The average Bonchev–Trinajstić information content (AvgIpc) is 3.37. The standard InChI is InChI=1S/C27H32N8/c1-5-21-16-34(22(6-2)15-33(21)23(7-3)19-10-8-9-18(4)13-19)26-25-24(12-11-20(14-28)30-25)35-17-29-32-27(35)31-26/h8-13,17,21-23H,5-7,15-16H2,1-4H3/t21-,22+,23-/m1/s1. The molecule has 0 aliphatic carbocycles. The number of aryl methyl sites for hydroxylation is 1. The Balaban J connectivity index is 1.58. The third kappa shape index (κ3) is 4.10. The van der Waals surface area contributed by atoms with Crippen molar-refractivity contribution >= 4 is 22.6 Å². The monoisotopic (exact) mass is 468 g/mol. The number of piperazine rings is 1. The van der Waals surface area contributed by atoms with Crippen LogP contribution in [0.1, 0.15) is 62.9 Å². The molecular formula is C27H32N8. The van der Waals surface area contributed by atoms with Gasteiger partial charge in [0, 0.05) is 31.2 Å². The van der Waals surface area contributed by atoms with Crippen LogP contribution < -0.4 is 4.90 Å². The number of hydrogen-bond acceptors (Lipinski definition) is 7. The van der Waals surface area contributed by atoms with Crippen molar-refractivity contribution in [3.05, 3.63) is 59.5 Å². The van der Waals surface area contributed by atoms with Gasteiger partial charge in [-0.3, -0.25) is 9.30 Å². The lowest BCUT2D eigenvalue weighted by Gasteiger charge is -2.49. The Labute approximate surface area is 206 Å². The summed E-state index contributed by atoms with van der Waals surface area (Å²) in [6, 6.07) is 15.8. The number of anilines is 1. The molecule has 1 aliphatic rings. The van der Waals surface area contributed by atoms with E-state index in [1.54, 1.807) is 12.4 Å². The molecule has 4 aromatic rings. The number of hydrogen-bond donors (Lipinski definition) is 0. The highest BCUT2D eigenvalue weighted by molar-refractivity contribution is 5.88. The fourth-order valence-electron chi connectivity index (χ4n) is 5.56. The van der Waals surface area contributed by atoms with E-state index in [4.69, 9.17) is 9.97 Å². The minimum absolute atomic E-state index is 0.269. The van der Waals surface area contributed by atoms with Crippen LogP contribution in [0.4, 0.5) is 5.82 Å². The average molecular weight is 469 g/mol. The smallest absolute Gasteiger partial charge is 0.257 e. The number of aromatic nitrogens is 5. The van der Waals surface area contributed by atoms with Crippen LogP contribution in [-0.4, -0.2) is 54.6 Å². The topological polar surface area (TPSA) is 86.2 Å². The Bertz CT molecular complexity index is 1390. The van der Waals surface area contributed by atoms with Gasteiger partial charge < -0.3 is 4.90 Å². The van der Waals surface area contributed by atoms with Crippen molar-refractivity contribution in [2.24, 2.45) is 0 Å². The predicted octanol–water partition coefficient (Wildman–Crippen LogP) is 4.68. The van der Waals surface area contributed by atoms with Gasteiger partial charge in [-0.2, -0.15) is 10.2 Å². The summed E-state index contributed by atoms with van der Waals surface area (Å²) in [5.41, 5.74) is 4.67. The van der Waals surface area contributed by atoms with E-state index in [-0.39, 0.29) is 6.04 Å². The van der Waals surface area contributed by atoms with Gasteiger partial charge in [0.05, 0.1) is 5.52 Å². The van der Waals surface area contributed by atoms with Gasteiger partial charge in [0.1, 0.15) is 23.6 Å². The van der Waals surface area contributed by atoms with Crippen molar-refractivity contribution in [1.82, 2.24) is 29.5 Å². The lowest BCUT2D eigenvalue weighted by Crippen LogP contribution is -2.59. The van der Waals surface area contributed by atoms with Crippen LogP contribution in [0.5, 0.6) is 0 Å². The molecule has 1 aliphatic heterocycles. The molecule has 8 heteroatoms. The molecule has 4 heterocycles. The quantitative estimate of drug-likeness (QED) is 0.406. The molecule has 8 nitrogen and oxygen atoms in total. The summed E-state index contributed by atoms with van der Waals surface area (Å²) in [5.74, 6) is 1.35. The normalized spacial score (nSPS) is 19.8. The minimum atomic E-state index is 0.269. The van der Waals surface area contributed by atoms with Crippen molar-refractivity contribution in [2.45, 2.75) is 65.1 Å². The fourth-order valence-corrected chi connectivity index (χ4v) is 5.56. The Morgan fingerprint density at radius 3 is 2.60 bits per heavy atom. The van der Waals surface area contributed by atoms with Gasteiger partial charge in [-0.1, -0.05) is 50.6 Å². The molecule has 0 radical (unpaired) electrons. The van der Waals surface area contributed by atoms with Gasteiger partial charge in [0.2, 0.25) is 0 Å². The second-order valence-corrected chi connectivity index (χ2v) is 9.42. The molecule has 180 valence electrons. The number of benzene rings is 1. The maximum Gasteiger partial charge on any atom is 0.257 e. The lowest BCUT2D eigenvalue weighted by atomic mass is 9.94. The number of fused-ring (bicyclic) bond motifs is 3. The summed E-state index contributed by atoms with van der Waals surface area (Å²) in [7, 11) is 0. The van der Waals surface area contributed by atoms with Crippen molar-refractivity contribution < 1.29 is 0 Å². The molecule has 0 amide bonds. The van der Waals surface area contributed by atoms with Gasteiger partial charge >= 0.3 is 0 Å². The van der Waals surface area contributed by atoms with Gasteiger partial charge in [0.15, 0.2) is 5.82 Å². The third-order valence-corrected chi connectivity index (χ3v) is 7.36. The number of nitrogens with zero attached hydrogens (tertiary/aromatic N) is 8. The number of pyridine rings is 1. The molecule has 1 fully saturated rings. The second-order valence-electron chi connectivity index (χ2n) is 9.42. The van der Waals surface area contributed by atoms with Gasteiger partial charge in [0.25, 0.3) is 5.78 Å². The van der Waals surface area contributed by atoms with Gasteiger partial charge in [-0.25, -0.2) is 4.98 Å². The van der Waals surface area contributed by atoms with Crippen LogP contribution >= 0.6 is 0 Å². The van der Waals surface area contributed by atoms with E-state index in [1.165, 1.54) is 11.1 Å². The SMILES string of the molecule is CC[C@H]1CN([C@H](CC)c2cccc(C)c2)[C@H](CC)CN1c1nc2nncn2c2ccc(C#N)nc12. The zero-order valence-corrected chi connectivity index (χ0v) is 20.9. The Hall–Kier alpha value is -3.57. The summed E-state index contributed by atoms with van der Waals surface area (Å²) in [5, 5.41) is 17.8. The summed E-state index contributed by atoms with van der Waals surface area (Å²) in [6.45, 7) is 10.8. The number of rotatable bonds is 6. The largest absolute Gasteiger partial charge is 0.349 e. The van der Waals surface area contributed by atoms with Crippen molar-refractivity contribution in [3.8, 4) is 6.07 Å². The van der Waals surface area contributed by atoms with E-state index in [0.29, 0.717) is 23.6 Å². The van der Waals surface area contributed by atoms with Crippen LogP contribution in [0.15, 0.2) is 42.7 Å². The van der Waals surface area contributed by atoms with E-state index < -0.39 is 0 Å².